The monoisotopic (exact) mass is 287 g/mol. The summed E-state index contributed by atoms with van der Waals surface area (Å²) in [6, 6.07) is 6.14. The highest BCUT2D eigenvalue weighted by atomic mass is 19.1. The Balaban J connectivity index is 1.67. The van der Waals surface area contributed by atoms with Crippen molar-refractivity contribution >= 4 is 0 Å². The minimum Gasteiger partial charge on any atom is -0.486 e. The molecule has 0 aliphatic carbocycles. The van der Waals surface area contributed by atoms with Gasteiger partial charge in [-0.1, -0.05) is 0 Å². The average Bonchev–Trinajstić information content (AvgIpc) is 2.78. The van der Waals surface area contributed by atoms with Crippen molar-refractivity contribution in [3.8, 4) is 17.1 Å². The third-order valence-electron chi connectivity index (χ3n) is 3.53. The zero-order valence-electron chi connectivity index (χ0n) is 11.8. The molecule has 1 atom stereocenters. The molecule has 0 bridgehead atoms. The molecule has 3 rings (SSSR count). The van der Waals surface area contributed by atoms with Gasteiger partial charge in [0.25, 0.3) is 0 Å². The molecule has 21 heavy (non-hydrogen) atoms. The predicted octanol–water partition coefficient (Wildman–Crippen LogP) is 2.80. The van der Waals surface area contributed by atoms with Crippen LogP contribution in [-0.2, 0) is 0 Å². The van der Waals surface area contributed by atoms with Crippen molar-refractivity contribution in [2.45, 2.75) is 25.4 Å². The summed E-state index contributed by atoms with van der Waals surface area (Å²) in [5, 5.41) is 3.36. The molecule has 110 valence electrons. The number of nitrogens with one attached hydrogen (secondary N) is 1. The Morgan fingerprint density at radius 3 is 2.62 bits per heavy atom. The van der Waals surface area contributed by atoms with Crippen LogP contribution in [0.1, 0.15) is 19.3 Å². The third kappa shape index (κ3) is 3.76. The number of rotatable bonds is 3. The van der Waals surface area contributed by atoms with Crippen LogP contribution in [0.15, 0.2) is 36.7 Å². The molecule has 0 saturated carbocycles. The van der Waals surface area contributed by atoms with Gasteiger partial charge >= 0.3 is 0 Å². The first-order valence-corrected chi connectivity index (χ1v) is 7.26. The summed E-state index contributed by atoms with van der Waals surface area (Å²) < 4.78 is 18.8. The van der Waals surface area contributed by atoms with E-state index >= 15 is 0 Å². The highest BCUT2D eigenvalue weighted by Crippen LogP contribution is 2.18. The summed E-state index contributed by atoms with van der Waals surface area (Å²) in [5.74, 6) is 0.982. The van der Waals surface area contributed by atoms with Crippen molar-refractivity contribution in [1.29, 1.82) is 0 Å². The predicted molar refractivity (Wildman–Crippen MR) is 78.6 cm³/mol. The lowest BCUT2D eigenvalue weighted by Gasteiger charge is -2.16. The van der Waals surface area contributed by atoms with Crippen LogP contribution in [0.5, 0.6) is 5.75 Å². The van der Waals surface area contributed by atoms with E-state index in [-0.39, 0.29) is 11.9 Å². The van der Waals surface area contributed by atoms with Crippen LogP contribution in [0, 0.1) is 5.82 Å². The molecule has 1 aromatic carbocycles. The Morgan fingerprint density at radius 2 is 1.86 bits per heavy atom. The van der Waals surface area contributed by atoms with Gasteiger partial charge in [0.15, 0.2) is 11.6 Å². The second kappa shape index (κ2) is 6.63. The van der Waals surface area contributed by atoms with E-state index in [0.717, 1.165) is 25.1 Å². The van der Waals surface area contributed by atoms with Crippen LogP contribution in [0.25, 0.3) is 11.4 Å². The minimum absolute atomic E-state index is 0.174. The molecule has 1 aromatic heterocycles. The van der Waals surface area contributed by atoms with Crippen LogP contribution in [0.2, 0.25) is 0 Å². The zero-order chi connectivity index (χ0) is 14.5. The summed E-state index contributed by atoms with van der Waals surface area (Å²) in [7, 11) is 0. The number of nitrogens with zero attached hydrogens (tertiary/aromatic N) is 2. The molecular weight excluding hydrogens is 269 g/mol. The van der Waals surface area contributed by atoms with E-state index in [1.54, 1.807) is 24.5 Å². The number of hydrogen-bond donors (Lipinski definition) is 1. The fourth-order valence-corrected chi connectivity index (χ4v) is 2.41. The molecule has 5 heteroatoms. The lowest BCUT2D eigenvalue weighted by Crippen LogP contribution is -2.29. The molecule has 1 unspecified atom stereocenters. The molecular formula is C16H18FN3O. The third-order valence-corrected chi connectivity index (χ3v) is 3.53. The van der Waals surface area contributed by atoms with Gasteiger partial charge in [0.05, 0.1) is 12.4 Å². The normalized spacial score (nSPS) is 19.0. The fourth-order valence-electron chi connectivity index (χ4n) is 2.41. The Kier molecular flexibility index (Phi) is 4.40. The van der Waals surface area contributed by atoms with Crippen LogP contribution >= 0.6 is 0 Å². The quantitative estimate of drug-likeness (QED) is 0.943. The van der Waals surface area contributed by atoms with Gasteiger partial charge in [0.1, 0.15) is 11.9 Å². The molecule has 0 spiro atoms. The first-order valence-electron chi connectivity index (χ1n) is 7.26. The van der Waals surface area contributed by atoms with E-state index in [1.807, 2.05) is 0 Å². The van der Waals surface area contributed by atoms with Gasteiger partial charge in [0, 0.05) is 12.1 Å². The molecule has 1 N–H and O–H groups in total. The van der Waals surface area contributed by atoms with Crippen LogP contribution < -0.4 is 10.1 Å². The van der Waals surface area contributed by atoms with Gasteiger partial charge in [-0.3, -0.25) is 0 Å². The maximum Gasteiger partial charge on any atom is 0.159 e. The van der Waals surface area contributed by atoms with Crippen molar-refractivity contribution in [3.05, 3.63) is 42.5 Å². The first kappa shape index (κ1) is 13.9. The SMILES string of the molecule is Fc1ccc(-c2ncc(OC3CCCCNC3)cn2)cc1. The fraction of sp³-hybridized carbons (Fsp3) is 0.375. The molecule has 1 aliphatic rings. The van der Waals surface area contributed by atoms with Gasteiger partial charge in [-0.2, -0.15) is 0 Å². The molecule has 2 aromatic rings. The molecule has 1 saturated heterocycles. The lowest BCUT2D eigenvalue weighted by atomic mass is 10.2. The highest BCUT2D eigenvalue weighted by Gasteiger charge is 2.13. The minimum atomic E-state index is -0.264. The van der Waals surface area contributed by atoms with E-state index < -0.39 is 0 Å². The summed E-state index contributed by atoms with van der Waals surface area (Å²) >= 11 is 0. The number of halogens is 1. The average molecular weight is 287 g/mol. The first-order chi connectivity index (χ1) is 10.3. The zero-order valence-corrected chi connectivity index (χ0v) is 11.8. The Bertz CT molecular complexity index is 563. The van der Waals surface area contributed by atoms with E-state index in [9.17, 15) is 4.39 Å². The van der Waals surface area contributed by atoms with Gasteiger partial charge in [-0.25, -0.2) is 14.4 Å². The largest absolute Gasteiger partial charge is 0.486 e. The van der Waals surface area contributed by atoms with E-state index in [1.165, 1.54) is 25.0 Å². The van der Waals surface area contributed by atoms with Crippen LogP contribution in [-0.4, -0.2) is 29.2 Å². The van der Waals surface area contributed by atoms with Gasteiger partial charge in [0.2, 0.25) is 0 Å². The number of aromatic nitrogens is 2. The number of hydrogen-bond acceptors (Lipinski definition) is 4. The maximum absolute atomic E-state index is 12.9. The second-order valence-electron chi connectivity index (χ2n) is 5.19. The smallest absolute Gasteiger partial charge is 0.159 e. The molecule has 1 fully saturated rings. The van der Waals surface area contributed by atoms with Crippen molar-refractivity contribution in [2.24, 2.45) is 0 Å². The van der Waals surface area contributed by atoms with Gasteiger partial charge < -0.3 is 10.1 Å². The molecule has 0 radical (unpaired) electrons. The van der Waals surface area contributed by atoms with E-state index in [2.05, 4.69) is 15.3 Å². The summed E-state index contributed by atoms with van der Waals surface area (Å²) in [4.78, 5) is 8.58. The topological polar surface area (TPSA) is 47.0 Å². The van der Waals surface area contributed by atoms with Gasteiger partial charge in [-0.05, 0) is 50.1 Å². The molecule has 1 aliphatic heterocycles. The van der Waals surface area contributed by atoms with Crippen molar-refractivity contribution < 1.29 is 9.13 Å². The second-order valence-corrected chi connectivity index (χ2v) is 5.19. The van der Waals surface area contributed by atoms with Gasteiger partial charge in [-0.15, -0.1) is 0 Å². The Labute approximate surface area is 123 Å². The lowest BCUT2D eigenvalue weighted by molar-refractivity contribution is 0.193. The summed E-state index contributed by atoms with van der Waals surface area (Å²) in [6.45, 7) is 1.92. The van der Waals surface area contributed by atoms with Crippen molar-refractivity contribution in [1.82, 2.24) is 15.3 Å². The van der Waals surface area contributed by atoms with Crippen LogP contribution in [0.3, 0.4) is 0 Å². The van der Waals surface area contributed by atoms with Crippen molar-refractivity contribution in [3.63, 3.8) is 0 Å². The Hall–Kier alpha value is -2.01. The number of ether oxygens (including phenoxy) is 1. The Morgan fingerprint density at radius 1 is 1.10 bits per heavy atom. The van der Waals surface area contributed by atoms with Crippen molar-refractivity contribution in [2.75, 3.05) is 13.1 Å². The maximum atomic E-state index is 12.9. The summed E-state index contributed by atoms with van der Waals surface area (Å²) in [6.07, 6.45) is 6.94. The molecule has 4 nitrogen and oxygen atoms in total. The van der Waals surface area contributed by atoms with E-state index in [0.29, 0.717) is 11.6 Å². The number of benzene rings is 1. The highest BCUT2D eigenvalue weighted by molar-refractivity contribution is 5.54. The standard InChI is InChI=1S/C16H18FN3O/c17-13-6-4-12(5-7-13)16-19-10-15(11-20-16)21-14-3-1-2-8-18-9-14/h4-7,10-11,14,18H,1-3,8-9H2. The van der Waals surface area contributed by atoms with Crippen LogP contribution in [0.4, 0.5) is 4.39 Å². The molecule has 0 amide bonds. The summed E-state index contributed by atoms with van der Waals surface area (Å²) in [5.41, 5.74) is 0.791. The molecule has 2 heterocycles. The van der Waals surface area contributed by atoms with E-state index in [4.69, 9.17) is 4.74 Å².